The maximum Gasteiger partial charge on any atom is 0.252 e. The van der Waals surface area contributed by atoms with Crippen molar-refractivity contribution in [3.8, 4) is 45.0 Å². The molecule has 0 fully saturated rings. The summed E-state index contributed by atoms with van der Waals surface area (Å²) in [5, 5.41) is 9.93. The molecule has 15 aromatic carbocycles. The molecular formula is C90H57BN6. The van der Waals surface area contributed by atoms with Crippen molar-refractivity contribution in [2.24, 2.45) is 0 Å². The van der Waals surface area contributed by atoms with Gasteiger partial charge in [-0.25, -0.2) is 0 Å². The Kier molecular flexibility index (Phi) is 11.5. The average molecular weight is 1230 g/mol. The lowest BCUT2D eigenvalue weighted by Crippen LogP contribution is -2.61. The summed E-state index contributed by atoms with van der Waals surface area (Å²) in [6.07, 6.45) is 0. The second-order valence-corrected chi connectivity index (χ2v) is 25.9. The molecule has 6 nitrogen and oxygen atoms in total. The van der Waals surface area contributed by atoms with Crippen LogP contribution in [0.25, 0.3) is 132 Å². The molecule has 0 saturated carbocycles. The number of para-hydroxylation sites is 10. The van der Waals surface area contributed by atoms with Gasteiger partial charge in [-0.2, -0.15) is 0 Å². The third kappa shape index (κ3) is 7.79. The second-order valence-electron chi connectivity index (χ2n) is 25.9. The molecule has 19 aromatic rings. The summed E-state index contributed by atoms with van der Waals surface area (Å²) in [6, 6.07) is 129. The first-order chi connectivity index (χ1) is 48.2. The minimum Gasteiger partial charge on any atom is -0.311 e. The molecule has 0 amide bonds. The molecule has 0 unspecified atom stereocenters. The summed E-state index contributed by atoms with van der Waals surface area (Å²) >= 11 is 0. The maximum atomic E-state index is 2.59. The Balaban J connectivity index is 0.797. The van der Waals surface area contributed by atoms with Crippen LogP contribution in [0.5, 0.6) is 0 Å². The Morgan fingerprint density at radius 3 is 0.742 bits per heavy atom. The predicted octanol–water partition coefficient (Wildman–Crippen LogP) is 21.5. The first kappa shape index (κ1) is 53.6. The molecule has 0 N–H and O–H groups in total. The lowest BCUT2D eigenvalue weighted by Gasteiger charge is -2.45. The van der Waals surface area contributed by atoms with Crippen molar-refractivity contribution in [3.05, 3.63) is 346 Å². The third-order valence-corrected chi connectivity index (χ3v) is 21.0. The third-order valence-electron chi connectivity index (χ3n) is 21.0. The van der Waals surface area contributed by atoms with Crippen molar-refractivity contribution in [1.82, 2.24) is 18.3 Å². The molecule has 450 valence electrons. The quantitative estimate of drug-likeness (QED) is 0.142. The first-order valence-corrected chi connectivity index (χ1v) is 33.5. The maximum absolute atomic E-state index is 2.59. The van der Waals surface area contributed by atoms with E-state index >= 15 is 0 Å². The summed E-state index contributed by atoms with van der Waals surface area (Å²) in [6.45, 7) is -0.154. The number of fused-ring (bicyclic) bond motifs is 16. The van der Waals surface area contributed by atoms with E-state index in [0.717, 1.165) is 79.1 Å². The van der Waals surface area contributed by atoms with E-state index in [2.05, 4.69) is 374 Å². The van der Waals surface area contributed by atoms with Gasteiger partial charge in [-0.05, 0) is 149 Å². The van der Waals surface area contributed by atoms with E-state index in [1.54, 1.807) is 0 Å². The highest BCUT2D eigenvalue weighted by Gasteiger charge is 2.44. The molecule has 0 bridgehead atoms. The monoisotopic (exact) mass is 1230 g/mol. The zero-order valence-electron chi connectivity index (χ0n) is 52.7. The van der Waals surface area contributed by atoms with Gasteiger partial charge in [-0.1, -0.05) is 224 Å². The number of hydrogen-bond acceptors (Lipinski definition) is 2. The molecule has 0 atom stereocenters. The van der Waals surface area contributed by atoms with Gasteiger partial charge in [0.1, 0.15) is 0 Å². The fourth-order valence-electron chi connectivity index (χ4n) is 16.9. The molecule has 2 aliphatic heterocycles. The number of aromatic nitrogens is 4. The number of hydrogen-bond donors (Lipinski definition) is 0. The fourth-order valence-corrected chi connectivity index (χ4v) is 16.9. The second kappa shape index (κ2) is 20.8. The zero-order valence-corrected chi connectivity index (χ0v) is 52.7. The van der Waals surface area contributed by atoms with Gasteiger partial charge >= 0.3 is 0 Å². The summed E-state index contributed by atoms with van der Waals surface area (Å²) in [7, 11) is 0. The topological polar surface area (TPSA) is 26.2 Å². The number of anilines is 6. The van der Waals surface area contributed by atoms with Crippen LogP contribution in [0, 0.1) is 0 Å². The molecule has 6 heterocycles. The van der Waals surface area contributed by atoms with Crippen molar-refractivity contribution in [2.45, 2.75) is 0 Å². The zero-order chi connectivity index (χ0) is 63.4. The largest absolute Gasteiger partial charge is 0.311 e. The van der Waals surface area contributed by atoms with Gasteiger partial charge < -0.3 is 28.1 Å². The minimum absolute atomic E-state index is 0.154. The van der Waals surface area contributed by atoms with E-state index in [0.29, 0.717) is 0 Å². The molecule has 2 aliphatic rings. The van der Waals surface area contributed by atoms with Gasteiger partial charge in [-0.3, -0.25) is 0 Å². The van der Waals surface area contributed by atoms with Crippen LogP contribution in [-0.4, -0.2) is 25.0 Å². The fraction of sp³-hybridized carbons (Fsp3) is 0. The molecule has 0 aliphatic carbocycles. The van der Waals surface area contributed by atoms with Gasteiger partial charge in [0.15, 0.2) is 0 Å². The van der Waals surface area contributed by atoms with Gasteiger partial charge in [0.25, 0.3) is 6.71 Å². The average Bonchev–Trinajstić information content (AvgIpc) is 1.58. The van der Waals surface area contributed by atoms with Gasteiger partial charge in [-0.15, -0.1) is 0 Å². The van der Waals surface area contributed by atoms with Crippen LogP contribution in [-0.2, 0) is 0 Å². The highest BCUT2D eigenvalue weighted by molar-refractivity contribution is 7.00. The van der Waals surface area contributed by atoms with Gasteiger partial charge in [0.2, 0.25) is 0 Å². The van der Waals surface area contributed by atoms with E-state index in [9.17, 15) is 0 Å². The van der Waals surface area contributed by atoms with Crippen LogP contribution in [0.15, 0.2) is 346 Å². The molecule has 0 radical (unpaired) electrons. The minimum atomic E-state index is -0.154. The summed E-state index contributed by atoms with van der Waals surface area (Å²) in [4.78, 5) is 5.18. The number of nitrogens with zero attached hydrogens (tertiary/aromatic N) is 6. The van der Waals surface area contributed by atoms with E-state index in [1.165, 1.54) is 104 Å². The summed E-state index contributed by atoms with van der Waals surface area (Å²) in [5.41, 5.74) is 28.9. The van der Waals surface area contributed by atoms with Crippen LogP contribution in [0.4, 0.5) is 34.1 Å². The first-order valence-electron chi connectivity index (χ1n) is 33.5. The Labute approximate surface area is 559 Å². The Morgan fingerprint density at radius 2 is 0.433 bits per heavy atom. The van der Waals surface area contributed by atoms with Crippen molar-refractivity contribution < 1.29 is 0 Å². The van der Waals surface area contributed by atoms with Crippen molar-refractivity contribution in [1.29, 1.82) is 0 Å². The molecule has 21 rings (SSSR count). The van der Waals surface area contributed by atoms with Crippen LogP contribution in [0.1, 0.15) is 0 Å². The number of rotatable bonds is 8. The van der Waals surface area contributed by atoms with E-state index in [1.807, 2.05) is 0 Å². The highest BCUT2D eigenvalue weighted by atomic mass is 15.2. The molecule has 0 saturated heterocycles. The van der Waals surface area contributed by atoms with Crippen LogP contribution >= 0.6 is 0 Å². The molecule has 4 aromatic heterocycles. The van der Waals surface area contributed by atoms with Crippen molar-refractivity contribution in [3.63, 3.8) is 0 Å². The highest BCUT2D eigenvalue weighted by Crippen LogP contribution is 2.50. The summed E-state index contributed by atoms with van der Waals surface area (Å²) in [5.74, 6) is 0. The smallest absolute Gasteiger partial charge is 0.252 e. The van der Waals surface area contributed by atoms with Crippen molar-refractivity contribution >= 4 is 144 Å². The lowest BCUT2D eigenvalue weighted by atomic mass is 9.33. The molecule has 7 heteroatoms. The van der Waals surface area contributed by atoms with Crippen LogP contribution in [0.3, 0.4) is 0 Å². The standard InChI is InChI=1S/C90H57BN6/c1-11-32-76(64(22-1)58-44-48-60(49-45-58)92-78-34-13-3-24-66(78)67-25-4-14-35-79(67)92)96-86-42-21-43-87-90(86)91(74-54-52-62(56-88(74)96)94-82-38-17-7-28-70(82)71-29-8-18-39-83(71)94)75-55-53-63(95-84-40-19-9-30-72(84)73-31-10-20-41-85(73)95)57-89(75)97(87)77-33-12-2-23-65(77)59-46-50-61(51-47-59)93-80-36-15-5-26-68(80)69-27-6-16-37-81(69)93/h1-57H. The van der Waals surface area contributed by atoms with Crippen molar-refractivity contribution in [2.75, 3.05) is 9.80 Å². The predicted molar refractivity (Wildman–Crippen MR) is 409 cm³/mol. The lowest BCUT2D eigenvalue weighted by molar-refractivity contribution is 1.16. The molecule has 97 heavy (non-hydrogen) atoms. The van der Waals surface area contributed by atoms with Gasteiger partial charge in [0.05, 0.1) is 55.5 Å². The Hall–Kier alpha value is -12.8. The Morgan fingerprint density at radius 1 is 0.186 bits per heavy atom. The normalized spacial score (nSPS) is 12.7. The van der Waals surface area contributed by atoms with Gasteiger partial charge in [0, 0.05) is 99.7 Å². The van der Waals surface area contributed by atoms with E-state index < -0.39 is 0 Å². The molecule has 0 spiro atoms. The van der Waals surface area contributed by atoms with Crippen LogP contribution in [0.2, 0.25) is 0 Å². The van der Waals surface area contributed by atoms with E-state index in [-0.39, 0.29) is 6.71 Å². The molecular weight excluding hydrogens is 1180 g/mol. The SMILES string of the molecule is c1ccc(N2c3cc(-n4c5ccccc5c5ccccc54)ccc3B3c4ccc(-n5c6ccccc6c6ccccc65)cc4N(c4ccccc4-c4ccc(-n5c6ccccc6c6ccccc65)cc4)c4cccc2c43)c(-c2ccc(-n3c4ccccc4c4ccccc43)cc2)c1. The number of benzene rings is 15. The van der Waals surface area contributed by atoms with E-state index in [4.69, 9.17) is 0 Å². The van der Waals surface area contributed by atoms with Crippen LogP contribution < -0.4 is 26.2 Å². The summed E-state index contributed by atoms with van der Waals surface area (Å²) < 4.78 is 9.75. The Bertz CT molecular complexity index is 5880.